The topological polar surface area (TPSA) is 60.7 Å². The van der Waals surface area contributed by atoms with Gasteiger partial charge in [-0.2, -0.15) is 0 Å². The normalized spacial score (nSPS) is 58.5. The van der Waals surface area contributed by atoms with Crippen molar-refractivity contribution in [3.63, 3.8) is 0 Å². The van der Waals surface area contributed by atoms with Crippen molar-refractivity contribution in [3.8, 4) is 0 Å². The fraction of sp³-hybridized carbons (Fsp3) is 1.00. The summed E-state index contributed by atoms with van der Waals surface area (Å²) in [6, 6.07) is 0. The maximum absolute atomic E-state index is 11.3. The van der Waals surface area contributed by atoms with Crippen molar-refractivity contribution >= 4 is 0 Å². The predicted octanol–water partition coefficient (Wildman–Crippen LogP) is 3.50. The van der Waals surface area contributed by atoms with Crippen LogP contribution in [0, 0.1) is 34.5 Å². The molecule has 4 aliphatic carbocycles. The van der Waals surface area contributed by atoms with Gasteiger partial charge in [0.15, 0.2) is 0 Å². The summed E-state index contributed by atoms with van der Waals surface area (Å²) in [4.78, 5) is 0. The second-order valence-corrected chi connectivity index (χ2v) is 10.2. The average molecular weight is 337 g/mol. The Bertz CT molecular complexity index is 505. The van der Waals surface area contributed by atoms with E-state index in [1.165, 1.54) is 25.7 Å². The standard InChI is InChI=1S/C21H36O3/c1-13(22)21(24)11-8-18-16-5-4-14-12-15(23)6-9-19(14,2)17(16)7-10-20(18,21)3/h13-18,22-24H,4-12H2,1-3H3/t13-,14+,15+,16+,17-,18-,19-,20-,21-/m0/s1. The van der Waals surface area contributed by atoms with Crippen LogP contribution in [0.15, 0.2) is 0 Å². The van der Waals surface area contributed by atoms with Crippen LogP contribution in [-0.4, -0.2) is 33.1 Å². The lowest BCUT2D eigenvalue weighted by Crippen LogP contribution is -2.59. The van der Waals surface area contributed by atoms with Crippen LogP contribution < -0.4 is 0 Å². The van der Waals surface area contributed by atoms with Crippen LogP contribution in [0.1, 0.15) is 78.6 Å². The SMILES string of the molecule is C[C@H](O)[C@@]1(O)CC[C@H]2[C@@H]3CC[C@@H]4C[C@H](O)CC[C@]4(C)[C@H]3CC[C@@]21C. The zero-order chi connectivity index (χ0) is 17.3. The van der Waals surface area contributed by atoms with Gasteiger partial charge in [-0.05, 0) is 93.8 Å². The molecule has 0 aromatic heterocycles. The molecule has 3 heteroatoms. The van der Waals surface area contributed by atoms with Crippen LogP contribution >= 0.6 is 0 Å². The number of fused-ring (bicyclic) bond motifs is 5. The Kier molecular flexibility index (Phi) is 3.92. The van der Waals surface area contributed by atoms with Gasteiger partial charge in [0, 0.05) is 5.41 Å². The third kappa shape index (κ3) is 2.07. The fourth-order valence-electron chi connectivity index (χ4n) is 7.97. The average Bonchev–Trinajstić information content (AvgIpc) is 2.81. The molecule has 0 aliphatic heterocycles. The molecule has 0 radical (unpaired) electrons. The molecule has 0 aromatic rings. The number of aliphatic hydroxyl groups is 3. The van der Waals surface area contributed by atoms with Crippen molar-refractivity contribution in [1.29, 1.82) is 0 Å². The molecule has 0 aromatic carbocycles. The van der Waals surface area contributed by atoms with E-state index in [-0.39, 0.29) is 11.5 Å². The van der Waals surface area contributed by atoms with Crippen molar-refractivity contribution < 1.29 is 15.3 Å². The molecular weight excluding hydrogens is 300 g/mol. The maximum atomic E-state index is 11.3. The minimum atomic E-state index is -0.900. The third-order valence-electron chi connectivity index (χ3n) is 9.54. The first-order chi connectivity index (χ1) is 11.2. The molecule has 9 atom stereocenters. The van der Waals surface area contributed by atoms with E-state index in [4.69, 9.17) is 0 Å². The van der Waals surface area contributed by atoms with Crippen molar-refractivity contribution in [2.75, 3.05) is 0 Å². The summed E-state index contributed by atoms with van der Waals surface area (Å²) in [5.74, 6) is 2.69. The van der Waals surface area contributed by atoms with Gasteiger partial charge in [0.2, 0.25) is 0 Å². The largest absolute Gasteiger partial charge is 0.393 e. The summed E-state index contributed by atoms with van der Waals surface area (Å²) >= 11 is 0. The summed E-state index contributed by atoms with van der Waals surface area (Å²) in [7, 11) is 0. The van der Waals surface area contributed by atoms with Crippen LogP contribution in [0.3, 0.4) is 0 Å². The van der Waals surface area contributed by atoms with Gasteiger partial charge in [0.05, 0.1) is 17.8 Å². The molecule has 24 heavy (non-hydrogen) atoms. The van der Waals surface area contributed by atoms with E-state index in [0.29, 0.717) is 23.2 Å². The van der Waals surface area contributed by atoms with Gasteiger partial charge in [-0.15, -0.1) is 0 Å². The lowest BCUT2D eigenvalue weighted by atomic mass is 9.44. The Labute approximate surface area is 146 Å². The van der Waals surface area contributed by atoms with E-state index in [0.717, 1.165) is 38.0 Å². The second-order valence-electron chi connectivity index (χ2n) is 10.2. The molecule has 0 unspecified atom stereocenters. The van der Waals surface area contributed by atoms with E-state index in [1.807, 2.05) is 0 Å². The Morgan fingerprint density at radius 3 is 2.33 bits per heavy atom. The van der Waals surface area contributed by atoms with Gasteiger partial charge in [0.25, 0.3) is 0 Å². The molecule has 3 nitrogen and oxygen atoms in total. The first kappa shape index (κ1) is 17.3. The molecular formula is C21H36O3. The zero-order valence-electron chi connectivity index (χ0n) is 15.7. The van der Waals surface area contributed by atoms with Crippen molar-refractivity contribution in [3.05, 3.63) is 0 Å². The summed E-state index contributed by atoms with van der Waals surface area (Å²) in [6.45, 7) is 6.53. The van der Waals surface area contributed by atoms with E-state index in [1.54, 1.807) is 6.92 Å². The zero-order valence-corrected chi connectivity index (χ0v) is 15.7. The molecule has 138 valence electrons. The summed E-state index contributed by atoms with van der Waals surface area (Å²) in [5, 5.41) is 31.7. The molecule has 0 bridgehead atoms. The van der Waals surface area contributed by atoms with Gasteiger partial charge >= 0.3 is 0 Å². The van der Waals surface area contributed by atoms with Crippen molar-refractivity contribution in [1.82, 2.24) is 0 Å². The number of hydrogen-bond donors (Lipinski definition) is 3. The van der Waals surface area contributed by atoms with E-state index in [2.05, 4.69) is 13.8 Å². The highest BCUT2D eigenvalue weighted by molar-refractivity contribution is 5.15. The summed E-state index contributed by atoms with van der Waals surface area (Å²) < 4.78 is 0. The van der Waals surface area contributed by atoms with E-state index in [9.17, 15) is 15.3 Å². The van der Waals surface area contributed by atoms with Gasteiger partial charge in [0.1, 0.15) is 0 Å². The van der Waals surface area contributed by atoms with Gasteiger partial charge in [-0.3, -0.25) is 0 Å². The Morgan fingerprint density at radius 2 is 1.62 bits per heavy atom. The highest BCUT2D eigenvalue weighted by Crippen LogP contribution is 2.68. The van der Waals surface area contributed by atoms with E-state index >= 15 is 0 Å². The van der Waals surface area contributed by atoms with E-state index < -0.39 is 11.7 Å². The molecule has 0 saturated heterocycles. The lowest BCUT2D eigenvalue weighted by Gasteiger charge is -2.61. The monoisotopic (exact) mass is 336 g/mol. The van der Waals surface area contributed by atoms with Crippen LogP contribution in [0.2, 0.25) is 0 Å². The molecule has 0 amide bonds. The predicted molar refractivity (Wildman–Crippen MR) is 94.4 cm³/mol. The minimum absolute atomic E-state index is 0.0831. The first-order valence-corrected chi connectivity index (χ1v) is 10.3. The number of rotatable bonds is 1. The fourth-order valence-corrected chi connectivity index (χ4v) is 7.97. The van der Waals surface area contributed by atoms with Crippen LogP contribution in [0.5, 0.6) is 0 Å². The Balaban J connectivity index is 1.63. The lowest BCUT2D eigenvalue weighted by molar-refractivity contribution is -0.186. The van der Waals surface area contributed by atoms with Crippen molar-refractivity contribution in [2.45, 2.75) is 96.4 Å². The molecule has 4 saturated carbocycles. The first-order valence-electron chi connectivity index (χ1n) is 10.3. The van der Waals surface area contributed by atoms with Gasteiger partial charge < -0.3 is 15.3 Å². The maximum Gasteiger partial charge on any atom is 0.0958 e. The summed E-state index contributed by atoms with van der Waals surface area (Å²) in [6.07, 6.45) is 8.99. The van der Waals surface area contributed by atoms with Crippen LogP contribution in [0.25, 0.3) is 0 Å². The Hall–Kier alpha value is -0.120. The van der Waals surface area contributed by atoms with Gasteiger partial charge in [-0.25, -0.2) is 0 Å². The summed E-state index contributed by atoms with van der Waals surface area (Å²) in [5.41, 5.74) is -0.641. The van der Waals surface area contributed by atoms with Crippen LogP contribution in [-0.2, 0) is 0 Å². The molecule has 4 fully saturated rings. The molecule has 4 rings (SSSR count). The van der Waals surface area contributed by atoms with Crippen molar-refractivity contribution in [2.24, 2.45) is 34.5 Å². The second kappa shape index (κ2) is 5.44. The minimum Gasteiger partial charge on any atom is -0.393 e. The third-order valence-corrected chi connectivity index (χ3v) is 9.54. The number of hydrogen-bond acceptors (Lipinski definition) is 3. The molecule has 4 aliphatic rings. The highest BCUT2D eigenvalue weighted by Gasteiger charge is 2.65. The molecule has 0 spiro atoms. The molecule has 3 N–H and O–H groups in total. The number of aliphatic hydroxyl groups excluding tert-OH is 2. The van der Waals surface area contributed by atoms with Gasteiger partial charge in [-0.1, -0.05) is 13.8 Å². The van der Waals surface area contributed by atoms with Crippen LogP contribution in [0.4, 0.5) is 0 Å². The quantitative estimate of drug-likeness (QED) is 0.687. The smallest absolute Gasteiger partial charge is 0.0958 e. The highest BCUT2D eigenvalue weighted by atomic mass is 16.3. The Morgan fingerprint density at radius 1 is 0.917 bits per heavy atom. The molecule has 0 heterocycles.